The monoisotopic (exact) mass is 285 g/mol. The van der Waals surface area contributed by atoms with Crippen molar-refractivity contribution in [3.63, 3.8) is 0 Å². The van der Waals surface area contributed by atoms with Crippen LogP contribution in [0.2, 0.25) is 0 Å². The summed E-state index contributed by atoms with van der Waals surface area (Å²) in [7, 11) is 1.63. The van der Waals surface area contributed by atoms with E-state index in [1.165, 1.54) is 0 Å². The Bertz CT molecular complexity index is 321. The minimum absolute atomic E-state index is 0.147. The highest BCUT2D eigenvalue weighted by atomic mass is 16.5. The summed E-state index contributed by atoms with van der Waals surface area (Å²) in [5, 5.41) is 0. The second-order valence-electron chi connectivity index (χ2n) is 5.95. The van der Waals surface area contributed by atoms with Crippen molar-refractivity contribution in [2.75, 3.05) is 33.5 Å². The second-order valence-corrected chi connectivity index (χ2v) is 5.95. The molecule has 0 radical (unpaired) electrons. The minimum Gasteiger partial charge on any atom is -0.384 e. The number of fused-ring (bicyclic) bond motifs is 1. The molecule has 3 atom stereocenters. The summed E-state index contributed by atoms with van der Waals surface area (Å²) < 4.78 is 16.7. The summed E-state index contributed by atoms with van der Waals surface area (Å²) in [6.45, 7) is 6.68. The molecule has 0 bridgehead atoms. The summed E-state index contributed by atoms with van der Waals surface area (Å²) >= 11 is 0. The Balaban J connectivity index is 1.91. The van der Waals surface area contributed by atoms with Crippen LogP contribution in [0.1, 0.15) is 33.1 Å². The third-order valence-electron chi connectivity index (χ3n) is 4.20. The molecule has 1 saturated heterocycles. The van der Waals surface area contributed by atoms with Gasteiger partial charge >= 0.3 is 0 Å². The second kappa shape index (κ2) is 7.38. The zero-order valence-corrected chi connectivity index (χ0v) is 12.8. The Morgan fingerprint density at radius 2 is 2.20 bits per heavy atom. The van der Waals surface area contributed by atoms with Crippen molar-refractivity contribution in [3.8, 4) is 0 Å². The highest BCUT2D eigenvalue weighted by Gasteiger charge is 2.44. The van der Waals surface area contributed by atoms with E-state index in [4.69, 9.17) is 14.2 Å². The largest absolute Gasteiger partial charge is 0.384 e. The number of carbonyl (C=O) groups excluding carboxylic acids is 1. The Hall–Kier alpha value is -0.650. The van der Waals surface area contributed by atoms with Crippen molar-refractivity contribution >= 4 is 5.91 Å². The van der Waals surface area contributed by atoms with Crippen molar-refractivity contribution < 1.29 is 19.0 Å². The Labute approximate surface area is 121 Å². The first kappa shape index (κ1) is 15.7. The fourth-order valence-corrected chi connectivity index (χ4v) is 3.20. The van der Waals surface area contributed by atoms with E-state index in [0.717, 1.165) is 19.4 Å². The van der Waals surface area contributed by atoms with Crippen LogP contribution < -0.4 is 0 Å². The first-order chi connectivity index (χ1) is 9.63. The standard InChI is InChI=1S/C15H27NO4/c1-11(2)20-10-12-4-5-13-15(12)19-9-7-16(13)14(17)6-8-18-3/h11-13,15H,4-10H2,1-3H3/t12-,13-,15-/m1/s1. The van der Waals surface area contributed by atoms with E-state index < -0.39 is 0 Å². The van der Waals surface area contributed by atoms with Gasteiger partial charge in [0.2, 0.25) is 5.91 Å². The van der Waals surface area contributed by atoms with Crippen LogP contribution in [0.5, 0.6) is 0 Å². The Morgan fingerprint density at radius 3 is 2.90 bits per heavy atom. The molecular formula is C15H27NO4. The van der Waals surface area contributed by atoms with E-state index in [1.54, 1.807) is 7.11 Å². The van der Waals surface area contributed by atoms with E-state index in [-0.39, 0.29) is 24.2 Å². The molecule has 0 spiro atoms. The zero-order valence-electron chi connectivity index (χ0n) is 12.8. The number of morpholine rings is 1. The van der Waals surface area contributed by atoms with Crippen LogP contribution in [0, 0.1) is 5.92 Å². The minimum atomic E-state index is 0.147. The SMILES string of the molecule is COCCC(=O)N1CCO[C@@H]2[C@@H](COC(C)C)CC[C@H]21. The van der Waals surface area contributed by atoms with Gasteiger partial charge < -0.3 is 19.1 Å². The van der Waals surface area contributed by atoms with Gasteiger partial charge in [-0.25, -0.2) is 0 Å². The lowest BCUT2D eigenvalue weighted by atomic mass is 10.0. The van der Waals surface area contributed by atoms with Gasteiger partial charge in [0.05, 0.1) is 44.5 Å². The summed E-state index contributed by atoms with van der Waals surface area (Å²) in [4.78, 5) is 14.2. The molecule has 1 saturated carbocycles. The van der Waals surface area contributed by atoms with Crippen LogP contribution >= 0.6 is 0 Å². The molecule has 0 aromatic carbocycles. The van der Waals surface area contributed by atoms with Gasteiger partial charge in [-0.05, 0) is 26.7 Å². The molecule has 0 N–H and O–H groups in total. The topological polar surface area (TPSA) is 48.0 Å². The molecule has 1 aliphatic carbocycles. The maximum atomic E-state index is 12.2. The van der Waals surface area contributed by atoms with Gasteiger partial charge in [0.25, 0.3) is 0 Å². The molecule has 1 aliphatic heterocycles. The Morgan fingerprint density at radius 1 is 1.40 bits per heavy atom. The highest BCUT2D eigenvalue weighted by molar-refractivity contribution is 5.76. The van der Waals surface area contributed by atoms with E-state index in [2.05, 4.69) is 13.8 Å². The quantitative estimate of drug-likeness (QED) is 0.741. The molecule has 2 rings (SSSR count). The summed E-state index contributed by atoms with van der Waals surface area (Å²) in [6, 6.07) is 0.230. The summed E-state index contributed by atoms with van der Waals surface area (Å²) in [5.41, 5.74) is 0. The molecule has 0 aromatic heterocycles. The molecular weight excluding hydrogens is 258 g/mol. The van der Waals surface area contributed by atoms with Crippen molar-refractivity contribution in [1.82, 2.24) is 4.90 Å². The molecule has 1 heterocycles. The van der Waals surface area contributed by atoms with Crippen LogP contribution in [0.3, 0.4) is 0 Å². The average Bonchev–Trinajstić information content (AvgIpc) is 2.85. The van der Waals surface area contributed by atoms with Crippen LogP contribution in [0.15, 0.2) is 0 Å². The number of ether oxygens (including phenoxy) is 3. The van der Waals surface area contributed by atoms with Gasteiger partial charge in [0.1, 0.15) is 0 Å². The van der Waals surface area contributed by atoms with Gasteiger partial charge in [-0.3, -0.25) is 4.79 Å². The van der Waals surface area contributed by atoms with E-state index in [9.17, 15) is 4.79 Å². The molecule has 116 valence electrons. The molecule has 5 nitrogen and oxygen atoms in total. The number of hydrogen-bond acceptors (Lipinski definition) is 4. The lowest BCUT2D eigenvalue weighted by molar-refractivity contribution is -0.148. The van der Waals surface area contributed by atoms with E-state index >= 15 is 0 Å². The van der Waals surface area contributed by atoms with Crippen LogP contribution in [-0.4, -0.2) is 62.5 Å². The van der Waals surface area contributed by atoms with Crippen LogP contribution in [0.4, 0.5) is 0 Å². The molecule has 0 unspecified atom stereocenters. The third-order valence-corrected chi connectivity index (χ3v) is 4.20. The van der Waals surface area contributed by atoms with Crippen molar-refractivity contribution in [3.05, 3.63) is 0 Å². The first-order valence-electron chi connectivity index (χ1n) is 7.65. The van der Waals surface area contributed by atoms with Crippen molar-refractivity contribution in [1.29, 1.82) is 0 Å². The summed E-state index contributed by atoms with van der Waals surface area (Å²) in [6.07, 6.45) is 2.96. The van der Waals surface area contributed by atoms with Gasteiger partial charge in [-0.15, -0.1) is 0 Å². The molecule has 2 fully saturated rings. The predicted molar refractivity (Wildman–Crippen MR) is 75.5 cm³/mol. The number of rotatable bonds is 6. The molecule has 5 heteroatoms. The molecule has 0 aromatic rings. The lowest BCUT2D eigenvalue weighted by Gasteiger charge is -2.39. The average molecular weight is 285 g/mol. The fraction of sp³-hybridized carbons (Fsp3) is 0.933. The Kier molecular flexibility index (Phi) is 5.81. The number of carbonyl (C=O) groups is 1. The van der Waals surface area contributed by atoms with Crippen molar-refractivity contribution in [2.45, 2.75) is 51.4 Å². The van der Waals surface area contributed by atoms with Crippen LogP contribution in [0.25, 0.3) is 0 Å². The van der Waals surface area contributed by atoms with Gasteiger partial charge in [0.15, 0.2) is 0 Å². The van der Waals surface area contributed by atoms with E-state index in [0.29, 0.717) is 32.1 Å². The third kappa shape index (κ3) is 3.71. The smallest absolute Gasteiger partial charge is 0.225 e. The maximum absolute atomic E-state index is 12.2. The predicted octanol–water partition coefficient (Wildman–Crippen LogP) is 1.45. The molecule has 2 aliphatic rings. The number of amides is 1. The lowest BCUT2D eigenvalue weighted by Crippen LogP contribution is -2.53. The summed E-state index contributed by atoms with van der Waals surface area (Å²) in [5.74, 6) is 0.607. The maximum Gasteiger partial charge on any atom is 0.225 e. The first-order valence-corrected chi connectivity index (χ1v) is 7.65. The zero-order chi connectivity index (χ0) is 14.5. The van der Waals surface area contributed by atoms with Gasteiger partial charge in [0, 0.05) is 19.6 Å². The normalized spacial score (nSPS) is 29.8. The number of hydrogen-bond donors (Lipinski definition) is 0. The molecule has 1 amide bonds. The van der Waals surface area contributed by atoms with Gasteiger partial charge in [-0.2, -0.15) is 0 Å². The van der Waals surface area contributed by atoms with Crippen molar-refractivity contribution in [2.24, 2.45) is 5.92 Å². The fourth-order valence-electron chi connectivity index (χ4n) is 3.20. The number of nitrogens with zero attached hydrogens (tertiary/aromatic N) is 1. The molecule has 20 heavy (non-hydrogen) atoms. The van der Waals surface area contributed by atoms with Gasteiger partial charge in [-0.1, -0.05) is 0 Å². The van der Waals surface area contributed by atoms with Crippen LogP contribution in [-0.2, 0) is 19.0 Å². The van der Waals surface area contributed by atoms with E-state index in [1.807, 2.05) is 4.90 Å². The highest BCUT2D eigenvalue weighted by Crippen LogP contribution is 2.35. The number of methoxy groups -OCH3 is 1.